The van der Waals surface area contributed by atoms with Crippen LogP contribution in [0.3, 0.4) is 0 Å². The van der Waals surface area contributed by atoms with E-state index >= 15 is 0 Å². The van der Waals surface area contributed by atoms with E-state index in [1.807, 2.05) is 47.0 Å². The summed E-state index contributed by atoms with van der Waals surface area (Å²) in [5.41, 5.74) is 5.36. The minimum Gasteiger partial charge on any atom is -0.497 e. The molecule has 0 saturated carbocycles. The quantitative estimate of drug-likeness (QED) is 0.288. The molecule has 0 aliphatic carbocycles. The summed E-state index contributed by atoms with van der Waals surface area (Å²) in [6.45, 7) is 2.78. The third-order valence-electron chi connectivity index (χ3n) is 6.07. The standard InChI is InChI=1S/C27H23BrN2O2/c1-18(20-6-4-3-5-7-20)30-26(31)15-14-24-27(30)23-13-10-21(28)16-25(23)29(24)17-19-8-11-22(32-2)12-9-19/h3-16,18H,17H2,1-2H3. The summed E-state index contributed by atoms with van der Waals surface area (Å²) in [7, 11) is 1.67. The van der Waals surface area contributed by atoms with Gasteiger partial charge in [0.25, 0.3) is 5.56 Å². The Morgan fingerprint density at radius 2 is 1.66 bits per heavy atom. The van der Waals surface area contributed by atoms with Crippen molar-refractivity contribution in [3.05, 3.63) is 111 Å². The predicted octanol–water partition coefficient (Wildman–Crippen LogP) is 6.38. The summed E-state index contributed by atoms with van der Waals surface area (Å²) in [4.78, 5) is 13.1. The van der Waals surface area contributed by atoms with Crippen molar-refractivity contribution in [1.82, 2.24) is 9.13 Å². The molecule has 1 atom stereocenters. The second kappa shape index (κ2) is 8.32. The number of hydrogen-bond acceptors (Lipinski definition) is 2. The van der Waals surface area contributed by atoms with E-state index in [0.29, 0.717) is 6.54 Å². The van der Waals surface area contributed by atoms with E-state index in [4.69, 9.17) is 4.74 Å². The fourth-order valence-corrected chi connectivity index (χ4v) is 4.78. The normalized spacial score (nSPS) is 12.3. The molecule has 0 aliphatic rings. The highest BCUT2D eigenvalue weighted by atomic mass is 79.9. The van der Waals surface area contributed by atoms with Gasteiger partial charge in [-0.2, -0.15) is 0 Å². The van der Waals surface area contributed by atoms with Gasteiger partial charge in [-0.25, -0.2) is 0 Å². The second-order valence-electron chi connectivity index (χ2n) is 7.96. The number of aromatic nitrogens is 2. The van der Waals surface area contributed by atoms with Crippen LogP contribution < -0.4 is 10.3 Å². The maximum atomic E-state index is 13.1. The lowest BCUT2D eigenvalue weighted by molar-refractivity contribution is 0.414. The van der Waals surface area contributed by atoms with Gasteiger partial charge >= 0.3 is 0 Å². The zero-order chi connectivity index (χ0) is 22.2. The first-order chi connectivity index (χ1) is 15.6. The third-order valence-corrected chi connectivity index (χ3v) is 6.56. The van der Waals surface area contributed by atoms with Gasteiger partial charge in [-0.05, 0) is 54.4 Å². The summed E-state index contributed by atoms with van der Waals surface area (Å²) in [5, 5.41) is 1.07. The van der Waals surface area contributed by atoms with Crippen molar-refractivity contribution in [1.29, 1.82) is 0 Å². The Labute approximate surface area is 194 Å². The lowest BCUT2D eigenvalue weighted by Crippen LogP contribution is -2.23. The van der Waals surface area contributed by atoms with Crippen LogP contribution in [0.1, 0.15) is 24.1 Å². The summed E-state index contributed by atoms with van der Waals surface area (Å²) in [5.74, 6) is 0.837. The number of rotatable bonds is 5. The zero-order valence-corrected chi connectivity index (χ0v) is 19.5. The molecule has 1 unspecified atom stereocenters. The minimum absolute atomic E-state index is 0.000249. The highest BCUT2D eigenvalue weighted by Crippen LogP contribution is 2.33. The maximum absolute atomic E-state index is 13.1. The molecule has 0 amide bonds. The van der Waals surface area contributed by atoms with Crippen molar-refractivity contribution in [3.63, 3.8) is 0 Å². The molecule has 5 heteroatoms. The van der Waals surface area contributed by atoms with E-state index in [-0.39, 0.29) is 11.6 Å². The lowest BCUT2D eigenvalue weighted by atomic mass is 10.1. The van der Waals surface area contributed by atoms with E-state index in [1.165, 1.54) is 5.56 Å². The highest BCUT2D eigenvalue weighted by molar-refractivity contribution is 9.10. The number of halogens is 1. The van der Waals surface area contributed by atoms with Gasteiger partial charge in [0.05, 0.1) is 29.7 Å². The number of fused-ring (bicyclic) bond motifs is 3. The lowest BCUT2D eigenvalue weighted by Gasteiger charge is -2.17. The SMILES string of the molecule is COc1ccc(Cn2c3cc(Br)ccc3c3c2ccc(=O)n3C(C)c2ccccc2)cc1. The Kier molecular flexibility index (Phi) is 5.35. The van der Waals surface area contributed by atoms with E-state index in [0.717, 1.165) is 37.7 Å². The Bertz CT molecular complexity index is 1470. The summed E-state index contributed by atoms with van der Waals surface area (Å²) < 4.78 is 10.5. The number of methoxy groups -OCH3 is 1. The highest BCUT2D eigenvalue weighted by Gasteiger charge is 2.19. The first kappa shape index (κ1) is 20.6. The van der Waals surface area contributed by atoms with Crippen molar-refractivity contribution < 1.29 is 4.74 Å². The van der Waals surface area contributed by atoms with Crippen LogP contribution in [0.5, 0.6) is 5.75 Å². The summed E-state index contributed by atoms with van der Waals surface area (Å²) in [6, 6.07) is 28.1. The fraction of sp³-hybridized carbons (Fsp3) is 0.148. The molecule has 2 aromatic heterocycles. The largest absolute Gasteiger partial charge is 0.497 e. The van der Waals surface area contributed by atoms with Crippen LogP contribution in [-0.2, 0) is 6.54 Å². The smallest absolute Gasteiger partial charge is 0.251 e. The van der Waals surface area contributed by atoms with Gasteiger partial charge in [0, 0.05) is 22.5 Å². The Balaban J connectivity index is 1.77. The molecule has 3 aromatic carbocycles. The van der Waals surface area contributed by atoms with E-state index in [1.54, 1.807) is 13.2 Å². The first-order valence-electron chi connectivity index (χ1n) is 10.6. The van der Waals surface area contributed by atoms with Crippen molar-refractivity contribution in [2.24, 2.45) is 0 Å². The van der Waals surface area contributed by atoms with Gasteiger partial charge in [0.1, 0.15) is 5.75 Å². The van der Waals surface area contributed by atoms with Crippen LogP contribution >= 0.6 is 15.9 Å². The Morgan fingerprint density at radius 3 is 2.38 bits per heavy atom. The topological polar surface area (TPSA) is 36.2 Å². The predicted molar refractivity (Wildman–Crippen MR) is 134 cm³/mol. The monoisotopic (exact) mass is 486 g/mol. The molecule has 160 valence electrons. The first-order valence-corrected chi connectivity index (χ1v) is 11.4. The molecule has 4 nitrogen and oxygen atoms in total. The number of hydrogen-bond donors (Lipinski definition) is 0. The molecule has 5 aromatic rings. The van der Waals surface area contributed by atoms with Crippen LogP contribution in [0.4, 0.5) is 0 Å². The summed E-state index contributed by atoms with van der Waals surface area (Å²) >= 11 is 3.63. The molecule has 0 aliphatic heterocycles. The van der Waals surface area contributed by atoms with Gasteiger partial charge in [-0.3, -0.25) is 9.36 Å². The van der Waals surface area contributed by atoms with E-state index in [2.05, 4.69) is 63.8 Å². The van der Waals surface area contributed by atoms with Crippen molar-refractivity contribution in [3.8, 4) is 5.75 Å². The van der Waals surface area contributed by atoms with Crippen LogP contribution in [-0.4, -0.2) is 16.2 Å². The summed E-state index contributed by atoms with van der Waals surface area (Å²) in [6.07, 6.45) is 0. The Morgan fingerprint density at radius 1 is 0.906 bits per heavy atom. The van der Waals surface area contributed by atoms with Crippen molar-refractivity contribution >= 4 is 37.9 Å². The molecule has 0 N–H and O–H groups in total. The van der Waals surface area contributed by atoms with Crippen LogP contribution in [0.15, 0.2) is 94.2 Å². The molecule has 5 rings (SSSR count). The van der Waals surface area contributed by atoms with Gasteiger partial charge < -0.3 is 9.30 Å². The van der Waals surface area contributed by atoms with Gasteiger partial charge in [0.2, 0.25) is 0 Å². The maximum Gasteiger partial charge on any atom is 0.251 e. The van der Waals surface area contributed by atoms with Crippen LogP contribution in [0.2, 0.25) is 0 Å². The molecular weight excluding hydrogens is 464 g/mol. The van der Waals surface area contributed by atoms with Crippen molar-refractivity contribution in [2.75, 3.05) is 7.11 Å². The minimum atomic E-state index is -0.0870. The number of ether oxygens (including phenoxy) is 1. The molecule has 0 radical (unpaired) electrons. The average Bonchev–Trinajstić information content (AvgIpc) is 3.12. The van der Waals surface area contributed by atoms with Crippen molar-refractivity contribution in [2.45, 2.75) is 19.5 Å². The zero-order valence-electron chi connectivity index (χ0n) is 18.0. The number of pyridine rings is 1. The second-order valence-corrected chi connectivity index (χ2v) is 8.87. The van der Waals surface area contributed by atoms with E-state index in [9.17, 15) is 4.79 Å². The fourth-order valence-electron chi connectivity index (χ4n) is 4.44. The Hall–Kier alpha value is -3.31. The third kappa shape index (κ3) is 3.53. The molecule has 0 saturated heterocycles. The number of benzene rings is 3. The molecule has 0 spiro atoms. The molecule has 0 bridgehead atoms. The van der Waals surface area contributed by atoms with E-state index < -0.39 is 0 Å². The molecule has 0 fully saturated rings. The van der Waals surface area contributed by atoms with Gasteiger partial charge in [-0.15, -0.1) is 0 Å². The van der Waals surface area contributed by atoms with Crippen LogP contribution in [0.25, 0.3) is 21.9 Å². The molecule has 32 heavy (non-hydrogen) atoms. The molecule has 2 heterocycles. The molecular formula is C27H23BrN2O2. The average molecular weight is 487 g/mol. The van der Waals surface area contributed by atoms with Gasteiger partial charge in [0.15, 0.2) is 0 Å². The van der Waals surface area contributed by atoms with Crippen LogP contribution in [0, 0.1) is 0 Å². The number of nitrogens with zero attached hydrogens (tertiary/aromatic N) is 2. The van der Waals surface area contributed by atoms with Gasteiger partial charge in [-0.1, -0.05) is 58.4 Å².